The highest BCUT2D eigenvalue weighted by Crippen LogP contribution is 2.43. The molecule has 0 radical (unpaired) electrons. The maximum Gasteiger partial charge on any atom is 0.209 e. The van der Waals surface area contributed by atoms with E-state index < -0.39 is 11.6 Å². The van der Waals surface area contributed by atoms with Gasteiger partial charge in [-0.15, -0.1) is 11.3 Å². The van der Waals surface area contributed by atoms with Crippen LogP contribution in [0.15, 0.2) is 58.3 Å². The van der Waals surface area contributed by atoms with Crippen molar-refractivity contribution in [1.82, 2.24) is 4.90 Å². The first-order valence-corrected chi connectivity index (χ1v) is 18.7. The summed E-state index contributed by atoms with van der Waals surface area (Å²) in [6, 6.07) is 5.56. The van der Waals surface area contributed by atoms with E-state index in [-0.39, 0.29) is 12.0 Å². The van der Waals surface area contributed by atoms with E-state index in [0.717, 1.165) is 49.2 Å². The van der Waals surface area contributed by atoms with E-state index in [4.69, 9.17) is 9.73 Å². The van der Waals surface area contributed by atoms with Crippen LogP contribution in [0.5, 0.6) is 0 Å². The Hall–Kier alpha value is -3.24. The number of hydrogen-bond acceptors (Lipinski definition) is 5. The van der Waals surface area contributed by atoms with Crippen LogP contribution >= 0.6 is 11.3 Å². The molecule has 48 heavy (non-hydrogen) atoms. The predicted molar refractivity (Wildman–Crippen MR) is 201 cm³/mol. The number of allylic oxidation sites excluding steroid dienone is 7. The Bertz CT molecular complexity index is 1620. The molecule has 2 unspecified atom stereocenters. The number of nitrogens with zero attached hydrogens (tertiary/aromatic N) is 3. The number of ether oxygens (including phenoxy) is 1. The molecule has 1 aromatic heterocycles. The van der Waals surface area contributed by atoms with Crippen LogP contribution in [0, 0.1) is 34.9 Å². The second kappa shape index (κ2) is 18.0. The van der Waals surface area contributed by atoms with E-state index in [1.165, 1.54) is 17.4 Å². The van der Waals surface area contributed by atoms with Crippen molar-refractivity contribution >= 4 is 32.7 Å². The van der Waals surface area contributed by atoms with E-state index in [1.54, 1.807) is 18.2 Å². The number of fused-ring (bicyclic) bond motifs is 1. The first kappa shape index (κ1) is 39.2. The van der Waals surface area contributed by atoms with Crippen LogP contribution in [-0.4, -0.2) is 29.8 Å². The molecule has 0 bridgehead atoms. The molecule has 262 valence electrons. The highest BCUT2D eigenvalue weighted by atomic mass is 32.1. The summed E-state index contributed by atoms with van der Waals surface area (Å²) in [5.41, 5.74) is 3.44. The van der Waals surface area contributed by atoms with Crippen LogP contribution in [0.3, 0.4) is 0 Å². The average Bonchev–Trinajstić information content (AvgIpc) is 3.44. The number of nitriles is 1. The van der Waals surface area contributed by atoms with Gasteiger partial charge in [0.2, 0.25) is 5.88 Å². The Morgan fingerprint density at radius 1 is 1.02 bits per heavy atom. The van der Waals surface area contributed by atoms with Crippen LogP contribution in [0.1, 0.15) is 130 Å². The molecule has 0 saturated heterocycles. The first-order valence-electron chi connectivity index (χ1n) is 17.9. The minimum absolute atomic E-state index is 0.0259. The monoisotopic (exact) mass is 677 g/mol. The zero-order valence-corrected chi connectivity index (χ0v) is 32.0. The fourth-order valence-corrected chi connectivity index (χ4v) is 7.73. The van der Waals surface area contributed by atoms with Gasteiger partial charge in [0.1, 0.15) is 17.7 Å². The SMILES string of the molecule is CC/C=C(/N=C1/C=C(c2ccc(F)c3sc(C(C)C)c(C#N)c23)C(F)=C/C1=C(/C)N(CC)C(CCC(C)C)C(C)C)OCC(C)CCC. The third kappa shape index (κ3) is 9.26. The highest BCUT2D eigenvalue weighted by Gasteiger charge is 2.29. The molecular formula is C41H57F2N3OS. The number of thiophene rings is 1. The average molecular weight is 678 g/mol. The summed E-state index contributed by atoms with van der Waals surface area (Å²) in [6.45, 7) is 24.9. The molecule has 4 nitrogen and oxygen atoms in total. The Morgan fingerprint density at radius 2 is 1.73 bits per heavy atom. The first-order chi connectivity index (χ1) is 22.8. The minimum atomic E-state index is -0.435. The normalized spacial score (nSPS) is 17.2. The van der Waals surface area contributed by atoms with Crippen LogP contribution in [-0.2, 0) is 4.74 Å². The van der Waals surface area contributed by atoms with Crippen molar-refractivity contribution < 1.29 is 13.5 Å². The quantitative estimate of drug-likeness (QED) is 0.166. The smallest absolute Gasteiger partial charge is 0.209 e. The fraction of sp³-hybridized carbons (Fsp3) is 0.561. The van der Waals surface area contributed by atoms with E-state index >= 15 is 8.78 Å². The van der Waals surface area contributed by atoms with Crippen molar-refractivity contribution in [2.24, 2.45) is 22.7 Å². The van der Waals surface area contributed by atoms with Gasteiger partial charge >= 0.3 is 0 Å². The Kier molecular flexibility index (Phi) is 14.7. The summed E-state index contributed by atoms with van der Waals surface area (Å²) in [6.07, 6.45) is 10.3. The number of rotatable bonds is 16. The van der Waals surface area contributed by atoms with E-state index in [0.29, 0.717) is 68.3 Å². The Labute approximate surface area is 293 Å². The maximum atomic E-state index is 16.6. The van der Waals surface area contributed by atoms with Gasteiger partial charge in [-0.05, 0) is 93.1 Å². The molecule has 0 N–H and O–H groups in total. The molecule has 1 aliphatic carbocycles. The van der Waals surface area contributed by atoms with Crippen molar-refractivity contribution in [3.8, 4) is 6.07 Å². The summed E-state index contributed by atoms with van der Waals surface area (Å²) in [4.78, 5) is 8.28. The number of hydrogen-bond donors (Lipinski definition) is 0. The molecule has 2 aromatic rings. The Balaban J connectivity index is 2.33. The second-order valence-electron chi connectivity index (χ2n) is 14.2. The Morgan fingerprint density at radius 3 is 2.29 bits per heavy atom. The van der Waals surface area contributed by atoms with Gasteiger partial charge in [-0.1, -0.05) is 74.8 Å². The van der Waals surface area contributed by atoms with E-state index in [9.17, 15) is 5.26 Å². The van der Waals surface area contributed by atoms with E-state index in [2.05, 4.69) is 66.4 Å². The van der Waals surface area contributed by atoms with Crippen molar-refractivity contribution in [2.45, 2.75) is 120 Å². The molecule has 3 rings (SSSR count). The standard InChI is InChI=1S/C41H57F2N3OS/c1-12-15-28(10)24-47-38(16-13-2)45-36-22-32(30-18-19-34(42)41-39(30)33(23-44)40(48-41)27(8)9)35(43)21-31(36)29(11)46(14-3)37(26(6)7)20-17-25(4)5/h16,18-19,21-22,25-28,37H,12-15,17,20,24H2,1-11H3/b31-29+,38-16-,45-36-. The number of benzene rings is 1. The summed E-state index contributed by atoms with van der Waals surface area (Å²) in [5, 5.41) is 10.7. The lowest BCUT2D eigenvalue weighted by Gasteiger charge is -2.38. The molecule has 0 amide bonds. The van der Waals surface area contributed by atoms with Crippen molar-refractivity contribution in [1.29, 1.82) is 5.26 Å². The van der Waals surface area contributed by atoms with Gasteiger partial charge in [0.05, 0.1) is 22.6 Å². The number of aliphatic imine (C=N–C) groups is 1. The van der Waals surface area contributed by atoms with Gasteiger partial charge < -0.3 is 9.64 Å². The molecule has 0 spiro atoms. The fourth-order valence-electron chi connectivity index (χ4n) is 6.54. The minimum Gasteiger partial charge on any atom is -0.478 e. The molecule has 1 aromatic carbocycles. The lowest BCUT2D eigenvalue weighted by molar-refractivity contribution is 0.165. The topological polar surface area (TPSA) is 48.6 Å². The summed E-state index contributed by atoms with van der Waals surface area (Å²) < 4.78 is 38.5. The zero-order chi connectivity index (χ0) is 35.7. The summed E-state index contributed by atoms with van der Waals surface area (Å²) >= 11 is 1.28. The van der Waals surface area contributed by atoms with Crippen molar-refractivity contribution in [3.05, 3.63) is 75.2 Å². The molecule has 0 saturated carbocycles. The van der Waals surface area contributed by atoms with Crippen LogP contribution < -0.4 is 0 Å². The molecule has 0 aliphatic heterocycles. The molecule has 0 fully saturated rings. The second-order valence-corrected chi connectivity index (χ2v) is 15.2. The van der Waals surface area contributed by atoms with Crippen LogP contribution in [0.25, 0.3) is 15.7 Å². The summed E-state index contributed by atoms with van der Waals surface area (Å²) in [5.74, 6) is 1.04. The largest absolute Gasteiger partial charge is 0.478 e. The predicted octanol–water partition coefficient (Wildman–Crippen LogP) is 12.5. The maximum absolute atomic E-state index is 16.6. The van der Waals surface area contributed by atoms with Gasteiger partial charge in [-0.3, -0.25) is 0 Å². The zero-order valence-electron chi connectivity index (χ0n) is 31.1. The lowest BCUT2D eigenvalue weighted by atomic mass is 9.89. The third-order valence-electron chi connectivity index (χ3n) is 9.11. The van der Waals surface area contributed by atoms with Crippen LogP contribution in [0.2, 0.25) is 0 Å². The van der Waals surface area contributed by atoms with Crippen molar-refractivity contribution in [3.63, 3.8) is 0 Å². The van der Waals surface area contributed by atoms with Crippen LogP contribution in [0.4, 0.5) is 8.78 Å². The molecule has 1 heterocycles. The summed E-state index contributed by atoms with van der Waals surface area (Å²) in [7, 11) is 0. The molecule has 2 atom stereocenters. The van der Waals surface area contributed by atoms with Gasteiger partial charge in [0, 0.05) is 39.7 Å². The molecular weight excluding hydrogens is 621 g/mol. The van der Waals surface area contributed by atoms with Crippen molar-refractivity contribution in [2.75, 3.05) is 13.2 Å². The van der Waals surface area contributed by atoms with Gasteiger partial charge in [0.25, 0.3) is 0 Å². The number of halogens is 2. The van der Waals surface area contributed by atoms with E-state index in [1.807, 2.05) is 26.8 Å². The van der Waals surface area contributed by atoms with Gasteiger partial charge in [0.15, 0.2) is 0 Å². The third-order valence-corrected chi connectivity index (χ3v) is 10.6. The van der Waals surface area contributed by atoms with Gasteiger partial charge in [-0.2, -0.15) is 5.26 Å². The molecule has 1 aliphatic rings. The molecule has 7 heteroatoms. The van der Waals surface area contributed by atoms with Gasteiger partial charge in [-0.25, -0.2) is 13.8 Å². The lowest BCUT2D eigenvalue weighted by Crippen LogP contribution is -2.39. The highest BCUT2D eigenvalue weighted by molar-refractivity contribution is 7.19.